The molecule has 0 saturated heterocycles. The molecule has 0 aromatic rings. The molecule has 4 aliphatic carbocycles. The van der Waals surface area contributed by atoms with E-state index in [2.05, 4.69) is 5.32 Å². The number of esters is 1. The lowest BCUT2D eigenvalue weighted by molar-refractivity contribution is -0.148. The molecule has 18 heavy (non-hydrogen) atoms. The number of ether oxygens (including phenoxy) is 1. The van der Waals surface area contributed by atoms with Crippen LogP contribution in [0.2, 0.25) is 0 Å². The Labute approximate surface area is 107 Å². The zero-order valence-corrected chi connectivity index (χ0v) is 10.9. The lowest BCUT2D eigenvalue weighted by atomic mass is 9.53. The smallest absolute Gasteiger partial charge is 0.303 e. The van der Waals surface area contributed by atoms with Gasteiger partial charge in [0.15, 0.2) is 6.61 Å². The van der Waals surface area contributed by atoms with E-state index in [1.807, 2.05) is 0 Å². The fraction of sp³-hybridized carbons (Fsp3) is 0.857. The van der Waals surface area contributed by atoms with Crippen LogP contribution in [0.5, 0.6) is 0 Å². The molecule has 4 aliphatic rings. The molecule has 0 unspecified atom stereocenters. The summed E-state index contributed by atoms with van der Waals surface area (Å²) in [6.45, 7) is 1.20. The summed E-state index contributed by atoms with van der Waals surface area (Å²) in [6.07, 6.45) is 7.47. The van der Waals surface area contributed by atoms with Gasteiger partial charge < -0.3 is 10.1 Å². The van der Waals surface area contributed by atoms with Crippen LogP contribution in [0, 0.1) is 17.8 Å². The Morgan fingerprint density at radius 2 is 1.61 bits per heavy atom. The van der Waals surface area contributed by atoms with E-state index in [1.165, 1.54) is 26.2 Å². The summed E-state index contributed by atoms with van der Waals surface area (Å²) in [5.74, 6) is 1.91. The summed E-state index contributed by atoms with van der Waals surface area (Å²) in [7, 11) is 0. The second-order valence-corrected chi connectivity index (χ2v) is 6.53. The summed E-state index contributed by atoms with van der Waals surface area (Å²) in [5, 5.41) is 3.16. The molecule has 4 nitrogen and oxygen atoms in total. The Kier molecular flexibility index (Phi) is 2.83. The molecule has 0 spiro atoms. The zero-order valence-electron chi connectivity index (χ0n) is 10.9. The van der Waals surface area contributed by atoms with Crippen molar-refractivity contribution >= 4 is 11.9 Å². The van der Waals surface area contributed by atoms with Gasteiger partial charge in [-0.3, -0.25) is 9.59 Å². The molecule has 0 aliphatic heterocycles. The summed E-state index contributed by atoms with van der Waals surface area (Å²) >= 11 is 0. The summed E-state index contributed by atoms with van der Waals surface area (Å²) < 4.78 is 4.77. The van der Waals surface area contributed by atoms with Crippen LogP contribution < -0.4 is 5.32 Å². The van der Waals surface area contributed by atoms with Crippen molar-refractivity contribution in [3.63, 3.8) is 0 Å². The first kappa shape index (κ1) is 12.0. The predicted molar refractivity (Wildman–Crippen MR) is 65.7 cm³/mol. The third kappa shape index (κ3) is 2.25. The third-order valence-corrected chi connectivity index (χ3v) is 4.85. The Morgan fingerprint density at radius 1 is 1.11 bits per heavy atom. The van der Waals surface area contributed by atoms with Crippen LogP contribution in [0.25, 0.3) is 0 Å². The number of hydrogen-bond donors (Lipinski definition) is 1. The largest absolute Gasteiger partial charge is 0.456 e. The number of amides is 1. The number of carbonyl (C=O) groups excluding carboxylic acids is 2. The summed E-state index contributed by atoms with van der Waals surface area (Å²) in [5.41, 5.74) is 0.0198. The van der Waals surface area contributed by atoms with Crippen LogP contribution in [0.15, 0.2) is 0 Å². The average Bonchev–Trinajstić information content (AvgIpc) is 2.23. The highest BCUT2D eigenvalue weighted by atomic mass is 16.5. The SMILES string of the molecule is CC(=O)OCC(=O)NC12CC3CC(CC(C3)C1)C2. The van der Waals surface area contributed by atoms with Crippen molar-refractivity contribution in [2.24, 2.45) is 17.8 Å². The van der Waals surface area contributed by atoms with Crippen LogP contribution in [0.3, 0.4) is 0 Å². The van der Waals surface area contributed by atoms with Crippen molar-refractivity contribution in [3.05, 3.63) is 0 Å². The Morgan fingerprint density at radius 3 is 2.06 bits per heavy atom. The maximum Gasteiger partial charge on any atom is 0.303 e. The van der Waals surface area contributed by atoms with E-state index in [0.717, 1.165) is 37.0 Å². The topological polar surface area (TPSA) is 55.4 Å². The quantitative estimate of drug-likeness (QED) is 0.776. The molecule has 0 atom stereocenters. The van der Waals surface area contributed by atoms with Gasteiger partial charge in [-0.2, -0.15) is 0 Å². The maximum absolute atomic E-state index is 11.8. The van der Waals surface area contributed by atoms with E-state index in [0.29, 0.717) is 0 Å². The summed E-state index contributed by atoms with van der Waals surface area (Å²) in [4.78, 5) is 22.6. The molecule has 100 valence electrons. The van der Waals surface area contributed by atoms with Gasteiger partial charge in [-0.25, -0.2) is 0 Å². The minimum Gasteiger partial charge on any atom is -0.456 e. The Bertz CT molecular complexity index is 342. The van der Waals surface area contributed by atoms with E-state index in [4.69, 9.17) is 4.74 Å². The van der Waals surface area contributed by atoms with Crippen molar-refractivity contribution in [1.29, 1.82) is 0 Å². The van der Waals surface area contributed by atoms with Gasteiger partial charge >= 0.3 is 5.97 Å². The van der Waals surface area contributed by atoms with Crippen molar-refractivity contribution in [2.45, 2.75) is 51.0 Å². The molecule has 1 amide bonds. The molecule has 0 radical (unpaired) electrons. The maximum atomic E-state index is 11.8. The van der Waals surface area contributed by atoms with E-state index in [1.54, 1.807) is 0 Å². The highest BCUT2D eigenvalue weighted by Crippen LogP contribution is 2.55. The third-order valence-electron chi connectivity index (χ3n) is 4.85. The van der Waals surface area contributed by atoms with Crippen LogP contribution in [-0.2, 0) is 14.3 Å². The molecule has 1 N–H and O–H groups in total. The van der Waals surface area contributed by atoms with Gasteiger partial charge in [0.05, 0.1) is 0 Å². The first-order chi connectivity index (χ1) is 8.55. The van der Waals surface area contributed by atoms with Crippen molar-refractivity contribution in [1.82, 2.24) is 5.32 Å². The Hall–Kier alpha value is -1.06. The fourth-order valence-electron chi connectivity index (χ4n) is 4.76. The molecule has 0 aromatic heterocycles. The summed E-state index contributed by atoms with van der Waals surface area (Å²) in [6, 6.07) is 0. The highest BCUT2D eigenvalue weighted by molar-refractivity contribution is 5.80. The number of carbonyl (C=O) groups is 2. The molecule has 0 aromatic carbocycles. The van der Waals surface area contributed by atoms with Crippen molar-refractivity contribution < 1.29 is 14.3 Å². The monoisotopic (exact) mass is 251 g/mol. The van der Waals surface area contributed by atoms with Gasteiger partial charge in [-0.1, -0.05) is 0 Å². The van der Waals surface area contributed by atoms with Gasteiger partial charge in [-0.15, -0.1) is 0 Å². The first-order valence-electron chi connectivity index (χ1n) is 6.99. The van der Waals surface area contributed by atoms with E-state index < -0.39 is 5.97 Å². The van der Waals surface area contributed by atoms with Crippen molar-refractivity contribution in [3.8, 4) is 0 Å². The second kappa shape index (κ2) is 4.25. The lowest BCUT2D eigenvalue weighted by Gasteiger charge is -2.56. The van der Waals surface area contributed by atoms with Gasteiger partial charge in [0.1, 0.15) is 0 Å². The Balaban J connectivity index is 1.61. The minimum atomic E-state index is -0.393. The molecule has 4 fully saturated rings. The van der Waals surface area contributed by atoms with Gasteiger partial charge in [0.25, 0.3) is 5.91 Å². The van der Waals surface area contributed by atoms with Crippen molar-refractivity contribution in [2.75, 3.05) is 6.61 Å². The van der Waals surface area contributed by atoms with Gasteiger partial charge in [-0.05, 0) is 56.3 Å². The highest BCUT2D eigenvalue weighted by Gasteiger charge is 2.51. The second-order valence-electron chi connectivity index (χ2n) is 6.53. The number of nitrogens with one attached hydrogen (secondary N) is 1. The zero-order chi connectivity index (χ0) is 12.8. The normalized spacial score (nSPS) is 40.6. The first-order valence-corrected chi connectivity index (χ1v) is 6.99. The van der Waals surface area contributed by atoms with E-state index in [-0.39, 0.29) is 18.1 Å². The molecular weight excluding hydrogens is 230 g/mol. The van der Waals surface area contributed by atoms with Gasteiger partial charge in [0, 0.05) is 12.5 Å². The standard InChI is InChI=1S/C14H21NO3/c1-9(16)18-8-13(17)15-14-5-10-2-11(6-14)4-12(3-10)7-14/h10-12H,2-8H2,1H3,(H,15,17). The molecule has 4 saturated carbocycles. The van der Waals surface area contributed by atoms with Crippen LogP contribution >= 0.6 is 0 Å². The molecule has 4 bridgehead atoms. The lowest BCUT2D eigenvalue weighted by Crippen LogP contribution is -2.60. The molecular formula is C14H21NO3. The van der Waals surface area contributed by atoms with E-state index in [9.17, 15) is 9.59 Å². The van der Waals surface area contributed by atoms with Crippen LogP contribution in [0.4, 0.5) is 0 Å². The van der Waals surface area contributed by atoms with Gasteiger partial charge in [0.2, 0.25) is 0 Å². The predicted octanol–water partition coefficient (Wildman–Crippen LogP) is 1.63. The average molecular weight is 251 g/mol. The van der Waals surface area contributed by atoms with E-state index >= 15 is 0 Å². The molecule has 0 heterocycles. The van der Waals surface area contributed by atoms with Crippen LogP contribution in [-0.4, -0.2) is 24.0 Å². The molecule has 4 heteroatoms. The number of hydrogen-bond acceptors (Lipinski definition) is 3. The fourth-order valence-corrected chi connectivity index (χ4v) is 4.76. The van der Waals surface area contributed by atoms with Crippen LogP contribution in [0.1, 0.15) is 45.4 Å². The minimum absolute atomic E-state index is 0.0198. The number of rotatable bonds is 3. The molecule has 4 rings (SSSR count).